The number of benzene rings is 3. The van der Waals surface area contributed by atoms with Gasteiger partial charge in [-0.1, -0.05) is 48.3 Å². The van der Waals surface area contributed by atoms with Gasteiger partial charge in [0.05, 0.1) is 24.7 Å². The van der Waals surface area contributed by atoms with Crippen LogP contribution >= 0.6 is 55.1 Å². The lowest BCUT2D eigenvalue weighted by atomic mass is 10.1. The summed E-state index contributed by atoms with van der Waals surface area (Å²) in [5.41, 5.74) is 2.64. The molecule has 1 saturated heterocycles. The molecule has 0 atom stereocenters. The van der Waals surface area contributed by atoms with Crippen LogP contribution in [0.1, 0.15) is 23.6 Å². The van der Waals surface area contributed by atoms with Gasteiger partial charge in [-0.15, -0.1) is 0 Å². The summed E-state index contributed by atoms with van der Waals surface area (Å²) in [6.07, 6.45) is 2.25. The highest BCUT2D eigenvalue weighted by Gasteiger charge is 2.36. The summed E-state index contributed by atoms with van der Waals surface area (Å²) in [4.78, 5) is 39.1. The van der Waals surface area contributed by atoms with Gasteiger partial charge in [0.1, 0.15) is 17.9 Å². The van der Waals surface area contributed by atoms with Crippen molar-refractivity contribution >= 4 is 84.7 Å². The Morgan fingerprint density at radius 3 is 2.17 bits per heavy atom. The molecule has 0 radical (unpaired) electrons. The SMILES string of the molecule is CCc1ccc(N2C(=O)NC(=O)/C(=C/c3cc(Br)c(OCc4ccc(Cl)c(Cl)c4)c(Br)c3)C2=O)cc1. The van der Waals surface area contributed by atoms with Crippen LogP contribution in [-0.2, 0) is 22.6 Å². The number of barbiturate groups is 1. The van der Waals surface area contributed by atoms with E-state index in [1.165, 1.54) is 6.08 Å². The van der Waals surface area contributed by atoms with Gasteiger partial charge in [-0.3, -0.25) is 14.9 Å². The smallest absolute Gasteiger partial charge is 0.335 e. The van der Waals surface area contributed by atoms with Crippen LogP contribution in [0.2, 0.25) is 10.0 Å². The molecule has 0 unspecified atom stereocenters. The number of urea groups is 1. The quantitative estimate of drug-likeness (QED) is 0.224. The number of amides is 4. The fraction of sp³-hybridized carbons (Fsp3) is 0.115. The van der Waals surface area contributed by atoms with E-state index in [0.717, 1.165) is 22.4 Å². The van der Waals surface area contributed by atoms with Crippen LogP contribution in [0.3, 0.4) is 0 Å². The van der Waals surface area contributed by atoms with Crippen LogP contribution in [0.4, 0.5) is 10.5 Å². The Balaban J connectivity index is 1.59. The predicted octanol–water partition coefficient (Wildman–Crippen LogP) is 7.33. The van der Waals surface area contributed by atoms with Gasteiger partial charge in [0.2, 0.25) is 0 Å². The highest BCUT2D eigenvalue weighted by molar-refractivity contribution is 9.11. The number of carbonyl (C=O) groups is 3. The highest BCUT2D eigenvalue weighted by Crippen LogP contribution is 2.36. The third-order valence-electron chi connectivity index (χ3n) is 5.40. The second kappa shape index (κ2) is 11.2. The normalized spacial score (nSPS) is 14.9. The van der Waals surface area contributed by atoms with E-state index < -0.39 is 17.8 Å². The van der Waals surface area contributed by atoms with Gasteiger partial charge >= 0.3 is 6.03 Å². The number of hydrogen-bond donors (Lipinski definition) is 1. The zero-order valence-electron chi connectivity index (χ0n) is 18.8. The van der Waals surface area contributed by atoms with E-state index in [1.807, 2.05) is 25.1 Å². The fourth-order valence-electron chi connectivity index (χ4n) is 3.52. The Morgan fingerprint density at radius 1 is 0.917 bits per heavy atom. The van der Waals surface area contributed by atoms with E-state index in [-0.39, 0.29) is 12.2 Å². The average molecular weight is 653 g/mol. The molecule has 3 aromatic carbocycles. The van der Waals surface area contributed by atoms with Crippen LogP contribution in [0.25, 0.3) is 6.08 Å². The first-order chi connectivity index (χ1) is 17.2. The number of rotatable bonds is 6. The van der Waals surface area contributed by atoms with Crippen molar-refractivity contribution in [1.29, 1.82) is 0 Å². The number of imide groups is 2. The van der Waals surface area contributed by atoms with Crippen molar-refractivity contribution in [2.45, 2.75) is 20.0 Å². The molecule has 4 amide bonds. The van der Waals surface area contributed by atoms with Crippen molar-refractivity contribution in [2.75, 3.05) is 4.90 Å². The first-order valence-corrected chi connectivity index (χ1v) is 13.1. The Bertz CT molecular complexity index is 1380. The van der Waals surface area contributed by atoms with Crippen LogP contribution in [0, 0.1) is 0 Å². The van der Waals surface area contributed by atoms with Crippen LogP contribution < -0.4 is 15.0 Å². The van der Waals surface area contributed by atoms with Crippen molar-refractivity contribution in [2.24, 2.45) is 0 Å². The lowest BCUT2D eigenvalue weighted by Crippen LogP contribution is -2.54. The largest absolute Gasteiger partial charge is 0.487 e. The monoisotopic (exact) mass is 650 g/mol. The van der Waals surface area contributed by atoms with Gasteiger partial charge in [-0.2, -0.15) is 0 Å². The molecule has 1 aliphatic rings. The molecule has 1 N–H and O–H groups in total. The first-order valence-electron chi connectivity index (χ1n) is 10.7. The molecule has 3 aromatic rings. The Hall–Kier alpha value is -2.65. The highest BCUT2D eigenvalue weighted by atomic mass is 79.9. The lowest BCUT2D eigenvalue weighted by Gasteiger charge is -2.26. The molecule has 1 aliphatic heterocycles. The minimum atomic E-state index is -0.792. The number of carbonyl (C=O) groups excluding carboxylic acids is 3. The summed E-state index contributed by atoms with van der Waals surface area (Å²) in [7, 11) is 0. The molecule has 4 rings (SSSR count). The molecule has 6 nitrogen and oxygen atoms in total. The van der Waals surface area contributed by atoms with E-state index in [9.17, 15) is 14.4 Å². The molecular formula is C26H18Br2Cl2N2O4. The maximum atomic E-state index is 13.2. The number of hydrogen-bond acceptors (Lipinski definition) is 4. The number of ether oxygens (including phenoxy) is 1. The summed E-state index contributed by atoms with van der Waals surface area (Å²) in [5, 5.41) is 3.13. The average Bonchev–Trinajstić information content (AvgIpc) is 2.83. The molecule has 1 heterocycles. The molecule has 10 heteroatoms. The molecule has 1 fully saturated rings. The zero-order chi connectivity index (χ0) is 26.0. The van der Waals surface area contributed by atoms with Crippen LogP contribution in [0.5, 0.6) is 5.75 Å². The maximum absolute atomic E-state index is 13.2. The van der Waals surface area contributed by atoms with Crippen molar-refractivity contribution in [3.05, 3.63) is 95.9 Å². The van der Waals surface area contributed by atoms with Crippen molar-refractivity contribution in [3.8, 4) is 5.75 Å². The van der Waals surface area contributed by atoms with Crippen molar-refractivity contribution < 1.29 is 19.1 Å². The minimum Gasteiger partial charge on any atom is -0.487 e. The predicted molar refractivity (Wildman–Crippen MR) is 147 cm³/mol. The number of aryl methyl sites for hydroxylation is 1. The summed E-state index contributed by atoms with van der Waals surface area (Å²) in [6.45, 7) is 2.25. The maximum Gasteiger partial charge on any atom is 0.335 e. The molecule has 0 aliphatic carbocycles. The molecule has 0 aromatic heterocycles. The number of halogens is 4. The summed E-state index contributed by atoms with van der Waals surface area (Å²) >= 11 is 19.0. The molecule has 36 heavy (non-hydrogen) atoms. The van der Waals surface area contributed by atoms with E-state index >= 15 is 0 Å². The third-order valence-corrected chi connectivity index (χ3v) is 7.32. The van der Waals surface area contributed by atoms with E-state index in [1.54, 1.807) is 36.4 Å². The molecule has 0 bridgehead atoms. The Morgan fingerprint density at radius 2 is 1.56 bits per heavy atom. The first kappa shape index (κ1) is 26.4. The van der Waals surface area contributed by atoms with Crippen LogP contribution in [0.15, 0.2) is 69.1 Å². The number of nitrogens with zero attached hydrogens (tertiary/aromatic N) is 1. The molecule has 0 spiro atoms. The lowest BCUT2D eigenvalue weighted by molar-refractivity contribution is -0.122. The second-order valence-electron chi connectivity index (χ2n) is 7.83. The number of anilines is 1. The van der Waals surface area contributed by atoms with E-state index in [2.05, 4.69) is 37.2 Å². The topological polar surface area (TPSA) is 75.7 Å². The third kappa shape index (κ3) is 5.67. The number of nitrogens with one attached hydrogen (secondary N) is 1. The fourth-order valence-corrected chi connectivity index (χ4v) is 5.30. The summed E-state index contributed by atoms with van der Waals surface area (Å²) in [5.74, 6) is -0.950. The zero-order valence-corrected chi connectivity index (χ0v) is 23.5. The summed E-state index contributed by atoms with van der Waals surface area (Å²) in [6, 6.07) is 14.9. The second-order valence-corrected chi connectivity index (χ2v) is 10.4. The summed E-state index contributed by atoms with van der Waals surface area (Å²) < 4.78 is 7.11. The van der Waals surface area contributed by atoms with Gasteiger partial charge < -0.3 is 4.74 Å². The molecular weight excluding hydrogens is 635 g/mol. The van der Waals surface area contributed by atoms with Gasteiger partial charge in [-0.25, -0.2) is 9.69 Å². The van der Waals surface area contributed by atoms with Crippen molar-refractivity contribution in [1.82, 2.24) is 5.32 Å². The standard InChI is InChI=1S/C26H18Br2Cl2N2O4/c1-2-14-3-6-17(7-4-14)32-25(34)18(24(33)31-26(32)35)9-16-10-19(27)23(20(28)11-16)36-13-15-5-8-21(29)22(30)12-15/h3-12H,2,13H2,1H3,(H,31,33,35)/b18-9-. The Labute approximate surface area is 234 Å². The van der Waals surface area contributed by atoms with Crippen LogP contribution in [-0.4, -0.2) is 17.8 Å². The van der Waals surface area contributed by atoms with Gasteiger partial charge in [0.15, 0.2) is 0 Å². The molecule has 184 valence electrons. The van der Waals surface area contributed by atoms with Gasteiger partial charge in [0, 0.05) is 0 Å². The van der Waals surface area contributed by atoms with E-state index in [0.29, 0.717) is 36.0 Å². The van der Waals surface area contributed by atoms with Gasteiger partial charge in [0.25, 0.3) is 11.8 Å². The van der Waals surface area contributed by atoms with E-state index in [4.69, 9.17) is 27.9 Å². The minimum absolute atomic E-state index is 0.169. The van der Waals surface area contributed by atoms with Crippen molar-refractivity contribution in [3.63, 3.8) is 0 Å². The molecule has 0 saturated carbocycles. The Kier molecular flexibility index (Phi) is 8.20. The van der Waals surface area contributed by atoms with Gasteiger partial charge in [-0.05, 0) is 97.4 Å².